The summed E-state index contributed by atoms with van der Waals surface area (Å²) in [7, 11) is 0. The molecule has 0 saturated carbocycles. The van der Waals surface area contributed by atoms with Gasteiger partial charge in [0.25, 0.3) is 0 Å². The molecule has 0 atom stereocenters. The van der Waals surface area contributed by atoms with Gasteiger partial charge < -0.3 is 0 Å². The lowest BCUT2D eigenvalue weighted by molar-refractivity contribution is 0.582. The lowest BCUT2D eigenvalue weighted by Crippen LogP contribution is -2.14. The van der Waals surface area contributed by atoms with E-state index in [4.69, 9.17) is 6.42 Å². The van der Waals surface area contributed by atoms with Crippen molar-refractivity contribution in [1.29, 1.82) is 0 Å². The van der Waals surface area contributed by atoms with Crippen molar-refractivity contribution in [1.82, 2.24) is 9.97 Å². The molecule has 0 radical (unpaired) electrons. The van der Waals surface area contributed by atoms with Gasteiger partial charge in [-0.25, -0.2) is 9.97 Å². The van der Waals surface area contributed by atoms with E-state index in [1.54, 1.807) is 6.20 Å². The van der Waals surface area contributed by atoms with Crippen molar-refractivity contribution in [3.63, 3.8) is 0 Å². The Kier molecular flexibility index (Phi) is 2.14. The molecular formula is C10H12N2. The number of hydrogen-bond acceptors (Lipinski definition) is 2. The maximum Gasteiger partial charge on any atom is 0.119 e. The van der Waals surface area contributed by atoms with Crippen LogP contribution in [0.1, 0.15) is 32.0 Å². The second kappa shape index (κ2) is 2.94. The second-order valence-electron chi connectivity index (χ2n) is 3.68. The Labute approximate surface area is 73.1 Å². The van der Waals surface area contributed by atoms with E-state index in [9.17, 15) is 0 Å². The molecule has 2 nitrogen and oxygen atoms in total. The van der Waals surface area contributed by atoms with E-state index >= 15 is 0 Å². The van der Waals surface area contributed by atoms with Crippen LogP contribution in [0.15, 0.2) is 12.5 Å². The van der Waals surface area contributed by atoms with Gasteiger partial charge in [0.15, 0.2) is 0 Å². The van der Waals surface area contributed by atoms with Crippen LogP contribution < -0.4 is 0 Å². The van der Waals surface area contributed by atoms with E-state index in [2.05, 4.69) is 36.7 Å². The molecule has 1 aromatic heterocycles. The standard InChI is InChI=1S/C10H12N2/c1-5-9-8(10(2,3)4)6-11-7-12-9/h1,6-7H,2-4H3. The van der Waals surface area contributed by atoms with Gasteiger partial charge in [-0.2, -0.15) is 0 Å². The zero-order valence-electron chi connectivity index (χ0n) is 7.63. The molecule has 0 fully saturated rings. The first-order valence-electron chi connectivity index (χ1n) is 3.83. The monoisotopic (exact) mass is 160 g/mol. The largest absolute Gasteiger partial charge is 0.244 e. The van der Waals surface area contributed by atoms with Crippen LogP contribution in [0, 0.1) is 12.3 Å². The minimum absolute atomic E-state index is 0.0168. The van der Waals surface area contributed by atoms with Gasteiger partial charge in [0.05, 0.1) is 0 Å². The van der Waals surface area contributed by atoms with Gasteiger partial charge in [-0.05, 0) is 11.3 Å². The Hall–Kier alpha value is -1.36. The van der Waals surface area contributed by atoms with E-state index in [-0.39, 0.29) is 5.41 Å². The van der Waals surface area contributed by atoms with Crippen molar-refractivity contribution in [2.24, 2.45) is 0 Å². The summed E-state index contributed by atoms with van der Waals surface area (Å²) in [5, 5.41) is 0. The fraction of sp³-hybridized carbons (Fsp3) is 0.400. The fourth-order valence-electron chi connectivity index (χ4n) is 0.993. The van der Waals surface area contributed by atoms with Crippen molar-refractivity contribution in [2.45, 2.75) is 26.2 Å². The summed E-state index contributed by atoms with van der Waals surface area (Å²) in [6.45, 7) is 6.27. The van der Waals surface area contributed by atoms with Crippen molar-refractivity contribution in [3.8, 4) is 12.3 Å². The maximum atomic E-state index is 5.31. The molecule has 0 unspecified atom stereocenters. The first-order chi connectivity index (χ1) is 5.55. The smallest absolute Gasteiger partial charge is 0.119 e. The normalized spacial score (nSPS) is 10.8. The molecule has 12 heavy (non-hydrogen) atoms. The van der Waals surface area contributed by atoms with Gasteiger partial charge in [-0.15, -0.1) is 6.42 Å². The Balaban J connectivity index is 3.26. The molecule has 0 aromatic carbocycles. The quantitative estimate of drug-likeness (QED) is 0.540. The van der Waals surface area contributed by atoms with Crippen LogP contribution in [0.25, 0.3) is 0 Å². The number of nitrogens with zero attached hydrogens (tertiary/aromatic N) is 2. The fourth-order valence-corrected chi connectivity index (χ4v) is 0.993. The van der Waals surface area contributed by atoms with Crippen LogP contribution in [0.3, 0.4) is 0 Å². The first kappa shape index (κ1) is 8.73. The summed E-state index contributed by atoms with van der Waals surface area (Å²) in [6.07, 6.45) is 8.56. The molecule has 0 amide bonds. The Morgan fingerprint density at radius 2 is 2.08 bits per heavy atom. The minimum Gasteiger partial charge on any atom is -0.244 e. The van der Waals surface area contributed by atoms with Crippen molar-refractivity contribution in [2.75, 3.05) is 0 Å². The van der Waals surface area contributed by atoms with Crippen molar-refractivity contribution < 1.29 is 0 Å². The van der Waals surface area contributed by atoms with Gasteiger partial charge in [-0.1, -0.05) is 20.8 Å². The highest BCUT2D eigenvalue weighted by atomic mass is 14.8. The molecule has 0 bridgehead atoms. The zero-order valence-corrected chi connectivity index (χ0v) is 7.63. The van der Waals surface area contributed by atoms with E-state index in [0.29, 0.717) is 5.69 Å². The molecule has 1 rings (SSSR count). The summed E-state index contributed by atoms with van der Waals surface area (Å²) in [6, 6.07) is 0. The zero-order chi connectivity index (χ0) is 9.19. The van der Waals surface area contributed by atoms with E-state index < -0.39 is 0 Å². The van der Waals surface area contributed by atoms with E-state index in [0.717, 1.165) is 5.56 Å². The lowest BCUT2D eigenvalue weighted by atomic mass is 9.87. The Morgan fingerprint density at radius 3 is 2.50 bits per heavy atom. The molecular weight excluding hydrogens is 148 g/mol. The van der Waals surface area contributed by atoms with Crippen LogP contribution in [0.2, 0.25) is 0 Å². The van der Waals surface area contributed by atoms with Gasteiger partial charge in [0.2, 0.25) is 0 Å². The van der Waals surface area contributed by atoms with Crippen LogP contribution in [0.5, 0.6) is 0 Å². The van der Waals surface area contributed by atoms with Crippen LogP contribution in [-0.2, 0) is 5.41 Å². The topological polar surface area (TPSA) is 25.8 Å². The highest BCUT2D eigenvalue weighted by Crippen LogP contribution is 2.22. The number of aromatic nitrogens is 2. The molecule has 0 N–H and O–H groups in total. The van der Waals surface area contributed by atoms with E-state index in [1.165, 1.54) is 6.33 Å². The first-order valence-corrected chi connectivity index (χ1v) is 3.83. The molecule has 1 heterocycles. The highest BCUT2D eigenvalue weighted by Gasteiger charge is 2.17. The third-order valence-electron chi connectivity index (χ3n) is 1.66. The predicted molar refractivity (Wildman–Crippen MR) is 48.7 cm³/mol. The Morgan fingerprint density at radius 1 is 1.42 bits per heavy atom. The summed E-state index contributed by atoms with van der Waals surface area (Å²) >= 11 is 0. The summed E-state index contributed by atoms with van der Waals surface area (Å²) < 4.78 is 0. The maximum absolute atomic E-state index is 5.31. The third kappa shape index (κ3) is 1.62. The number of rotatable bonds is 0. The van der Waals surface area contributed by atoms with Crippen LogP contribution in [0.4, 0.5) is 0 Å². The minimum atomic E-state index is 0.0168. The van der Waals surface area contributed by atoms with Crippen LogP contribution in [-0.4, -0.2) is 9.97 Å². The summed E-state index contributed by atoms with van der Waals surface area (Å²) in [5.41, 5.74) is 1.73. The number of hydrogen-bond donors (Lipinski definition) is 0. The van der Waals surface area contributed by atoms with Gasteiger partial charge in [0, 0.05) is 11.8 Å². The SMILES string of the molecule is C#Cc1ncncc1C(C)(C)C. The average Bonchev–Trinajstić information content (AvgIpc) is 2.03. The molecule has 0 saturated heterocycles. The highest BCUT2D eigenvalue weighted by molar-refractivity contribution is 5.35. The number of terminal acetylenes is 1. The summed E-state index contributed by atoms with van der Waals surface area (Å²) in [4.78, 5) is 7.97. The average molecular weight is 160 g/mol. The van der Waals surface area contributed by atoms with Gasteiger partial charge >= 0.3 is 0 Å². The molecule has 1 aromatic rings. The van der Waals surface area contributed by atoms with Crippen LogP contribution >= 0.6 is 0 Å². The van der Waals surface area contributed by atoms with Gasteiger partial charge in [-0.3, -0.25) is 0 Å². The lowest BCUT2D eigenvalue weighted by Gasteiger charge is -2.18. The molecule has 2 heteroatoms. The van der Waals surface area contributed by atoms with Crippen molar-refractivity contribution in [3.05, 3.63) is 23.8 Å². The molecule has 0 spiro atoms. The Bertz CT molecular complexity index is 315. The van der Waals surface area contributed by atoms with Gasteiger partial charge in [0.1, 0.15) is 12.0 Å². The molecule has 62 valence electrons. The summed E-state index contributed by atoms with van der Waals surface area (Å²) in [5.74, 6) is 2.55. The third-order valence-corrected chi connectivity index (χ3v) is 1.66. The molecule has 0 aliphatic rings. The molecule has 0 aliphatic heterocycles. The second-order valence-corrected chi connectivity index (χ2v) is 3.68. The van der Waals surface area contributed by atoms with E-state index in [1.807, 2.05) is 0 Å². The molecule has 0 aliphatic carbocycles. The van der Waals surface area contributed by atoms with Crippen molar-refractivity contribution >= 4 is 0 Å². The predicted octanol–water partition coefficient (Wildman–Crippen LogP) is 1.76.